The number of carbonyl (C=O) groups excluding carboxylic acids is 1. The fraction of sp³-hybridized carbons (Fsp3) is 0.300. The number of rotatable bonds is 4. The summed E-state index contributed by atoms with van der Waals surface area (Å²) in [6, 6.07) is 3.73. The predicted molar refractivity (Wildman–Crippen MR) is 61.0 cm³/mol. The molecular weight excluding hydrogens is 196 g/mol. The van der Waals surface area contributed by atoms with Gasteiger partial charge in [0.25, 0.3) is 5.91 Å². The molecule has 14 heavy (non-hydrogen) atoms. The lowest BCUT2D eigenvalue weighted by Gasteiger charge is -2.12. The Morgan fingerprint density at radius 2 is 2.43 bits per heavy atom. The van der Waals surface area contributed by atoms with E-state index in [9.17, 15) is 4.79 Å². The fourth-order valence-corrected chi connectivity index (χ4v) is 1.91. The van der Waals surface area contributed by atoms with Crippen molar-refractivity contribution >= 4 is 22.2 Å². The topological polar surface area (TPSA) is 32.3 Å². The Bertz CT molecular complexity index is 333. The van der Waals surface area contributed by atoms with Crippen LogP contribution >= 0.6 is 11.3 Å². The lowest BCUT2D eigenvalue weighted by molar-refractivity contribution is 0.0815. The molecule has 3 nitrogen and oxygen atoms in total. The summed E-state index contributed by atoms with van der Waals surface area (Å²) >= 11 is 1.46. The van der Waals surface area contributed by atoms with Crippen molar-refractivity contribution < 1.29 is 4.79 Å². The fourth-order valence-electron chi connectivity index (χ4n) is 1.05. The van der Waals surface area contributed by atoms with Crippen molar-refractivity contribution in [1.29, 1.82) is 0 Å². The van der Waals surface area contributed by atoms with Crippen LogP contribution in [-0.4, -0.2) is 31.4 Å². The average molecular weight is 210 g/mol. The Labute approximate surface area is 88.0 Å². The van der Waals surface area contributed by atoms with E-state index in [1.165, 1.54) is 11.3 Å². The second-order valence-electron chi connectivity index (χ2n) is 2.89. The second kappa shape index (κ2) is 4.81. The zero-order valence-corrected chi connectivity index (χ0v) is 9.23. The Hall–Kier alpha value is -1.29. The minimum atomic E-state index is 0.0383. The molecule has 0 bridgehead atoms. The molecule has 1 amide bonds. The maximum absolute atomic E-state index is 11.7. The van der Waals surface area contributed by atoms with Gasteiger partial charge >= 0.3 is 0 Å². The van der Waals surface area contributed by atoms with Crippen LogP contribution in [0.3, 0.4) is 0 Å². The molecule has 0 aliphatic heterocycles. The SMILES string of the molecule is C=CCN(C)C(=O)c1ccc(NC)s1. The number of nitrogens with zero attached hydrogens (tertiary/aromatic N) is 1. The van der Waals surface area contributed by atoms with E-state index in [0.717, 1.165) is 9.88 Å². The molecule has 0 saturated carbocycles. The summed E-state index contributed by atoms with van der Waals surface area (Å²) in [7, 11) is 3.61. The van der Waals surface area contributed by atoms with Crippen LogP contribution < -0.4 is 5.32 Å². The van der Waals surface area contributed by atoms with Gasteiger partial charge in [-0.2, -0.15) is 0 Å². The smallest absolute Gasteiger partial charge is 0.264 e. The van der Waals surface area contributed by atoms with Crippen LogP contribution in [0, 0.1) is 0 Å². The third kappa shape index (κ3) is 2.35. The highest BCUT2D eigenvalue weighted by molar-refractivity contribution is 7.17. The highest BCUT2D eigenvalue weighted by Crippen LogP contribution is 2.22. The van der Waals surface area contributed by atoms with Crippen LogP contribution in [-0.2, 0) is 0 Å². The van der Waals surface area contributed by atoms with Gasteiger partial charge in [0.15, 0.2) is 0 Å². The van der Waals surface area contributed by atoms with Crippen LogP contribution in [0.5, 0.6) is 0 Å². The second-order valence-corrected chi connectivity index (χ2v) is 3.97. The quantitative estimate of drug-likeness (QED) is 0.771. The van der Waals surface area contributed by atoms with Crippen molar-refractivity contribution in [2.45, 2.75) is 0 Å². The van der Waals surface area contributed by atoms with Crippen LogP contribution in [0.25, 0.3) is 0 Å². The number of amides is 1. The van der Waals surface area contributed by atoms with E-state index in [4.69, 9.17) is 0 Å². The van der Waals surface area contributed by atoms with Gasteiger partial charge in [-0.05, 0) is 12.1 Å². The van der Waals surface area contributed by atoms with Crippen LogP contribution in [0.4, 0.5) is 5.00 Å². The standard InChI is InChI=1S/C10H14N2OS/c1-4-7-12(3)10(13)8-5-6-9(11-2)14-8/h4-6,11H,1,7H2,2-3H3. The summed E-state index contributed by atoms with van der Waals surface area (Å²) in [4.78, 5) is 14.1. The van der Waals surface area contributed by atoms with Gasteiger partial charge < -0.3 is 10.2 Å². The lowest BCUT2D eigenvalue weighted by atomic mass is 10.4. The molecular formula is C10H14N2OS. The first-order chi connectivity index (χ1) is 6.69. The average Bonchev–Trinajstić information content (AvgIpc) is 2.65. The number of carbonyl (C=O) groups is 1. The third-order valence-corrected chi connectivity index (χ3v) is 2.90. The highest BCUT2D eigenvalue weighted by atomic mass is 32.1. The van der Waals surface area contributed by atoms with Crippen molar-refractivity contribution in [3.63, 3.8) is 0 Å². The van der Waals surface area contributed by atoms with Gasteiger partial charge in [0.05, 0.1) is 9.88 Å². The van der Waals surface area contributed by atoms with Crippen molar-refractivity contribution in [2.75, 3.05) is 26.0 Å². The molecule has 0 aliphatic carbocycles. The number of hydrogen-bond donors (Lipinski definition) is 1. The number of likely N-dealkylation sites (N-methyl/N-ethyl adjacent to an activating group) is 1. The van der Waals surface area contributed by atoms with E-state index in [-0.39, 0.29) is 5.91 Å². The zero-order valence-electron chi connectivity index (χ0n) is 8.41. The normalized spacial score (nSPS) is 9.57. The first-order valence-electron chi connectivity index (χ1n) is 4.33. The van der Waals surface area contributed by atoms with E-state index in [0.29, 0.717) is 6.54 Å². The minimum absolute atomic E-state index is 0.0383. The molecule has 0 saturated heterocycles. The Morgan fingerprint density at radius 3 is 2.93 bits per heavy atom. The number of nitrogens with one attached hydrogen (secondary N) is 1. The van der Waals surface area contributed by atoms with Gasteiger partial charge in [0, 0.05) is 20.6 Å². The lowest BCUT2D eigenvalue weighted by Crippen LogP contribution is -2.25. The number of anilines is 1. The molecule has 0 aromatic carbocycles. The summed E-state index contributed by atoms with van der Waals surface area (Å²) in [6.45, 7) is 4.17. The van der Waals surface area contributed by atoms with Crippen LogP contribution in [0.15, 0.2) is 24.8 Å². The Balaban J connectivity index is 2.73. The molecule has 1 aromatic heterocycles. The number of hydrogen-bond acceptors (Lipinski definition) is 3. The van der Waals surface area contributed by atoms with Gasteiger partial charge in [-0.3, -0.25) is 4.79 Å². The molecule has 0 aliphatic rings. The number of thiophene rings is 1. The van der Waals surface area contributed by atoms with Crippen molar-refractivity contribution in [3.05, 3.63) is 29.7 Å². The van der Waals surface area contributed by atoms with Gasteiger partial charge in [0.2, 0.25) is 0 Å². The molecule has 0 fully saturated rings. The predicted octanol–water partition coefficient (Wildman–Crippen LogP) is 2.05. The van der Waals surface area contributed by atoms with E-state index < -0.39 is 0 Å². The Kier molecular flexibility index (Phi) is 3.71. The van der Waals surface area contributed by atoms with Gasteiger partial charge in [-0.25, -0.2) is 0 Å². The molecule has 1 aromatic rings. The first-order valence-corrected chi connectivity index (χ1v) is 5.14. The molecule has 1 heterocycles. The van der Waals surface area contributed by atoms with E-state index >= 15 is 0 Å². The molecule has 1 N–H and O–H groups in total. The zero-order chi connectivity index (χ0) is 10.6. The summed E-state index contributed by atoms with van der Waals surface area (Å²) in [6.07, 6.45) is 1.71. The largest absolute Gasteiger partial charge is 0.380 e. The van der Waals surface area contributed by atoms with E-state index in [2.05, 4.69) is 11.9 Å². The molecule has 1 rings (SSSR count). The van der Waals surface area contributed by atoms with Gasteiger partial charge in [-0.15, -0.1) is 17.9 Å². The van der Waals surface area contributed by atoms with Gasteiger partial charge in [-0.1, -0.05) is 6.08 Å². The van der Waals surface area contributed by atoms with E-state index in [1.54, 1.807) is 18.0 Å². The molecule has 0 radical (unpaired) electrons. The summed E-state index contributed by atoms with van der Waals surface area (Å²) < 4.78 is 0. The van der Waals surface area contributed by atoms with E-state index in [1.807, 2.05) is 19.2 Å². The van der Waals surface area contributed by atoms with Crippen LogP contribution in [0.1, 0.15) is 9.67 Å². The summed E-state index contributed by atoms with van der Waals surface area (Å²) in [5, 5.41) is 4.00. The highest BCUT2D eigenvalue weighted by Gasteiger charge is 2.12. The monoisotopic (exact) mass is 210 g/mol. The molecule has 0 atom stereocenters. The summed E-state index contributed by atoms with van der Waals surface area (Å²) in [5.74, 6) is 0.0383. The summed E-state index contributed by atoms with van der Waals surface area (Å²) in [5.41, 5.74) is 0. The molecule has 0 unspecified atom stereocenters. The Morgan fingerprint density at radius 1 is 1.71 bits per heavy atom. The first kappa shape index (κ1) is 10.8. The van der Waals surface area contributed by atoms with Crippen LogP contribution in [0.2, 0.25) is 0 Å². The molecule has 0 spiro atoms. The van der Waals surface area contributed by atoms with Gasteiger partial charge in [0.1, 0.15) is 0 Å². The van der Waals surface area contributed by atoms with Crippen molar-refractivity contribution in [2.24, 2.45) is 0 Å². The molecule has 76 valence electrons. The van der Waals surface area contributed by atoms with Crippen molar-refractivity contribution in [1.82, 2.24) is 4.90 Å². The van der Waals surface area contributed by atoms with Crippen molar-refractivity contribution in [3.8, 4) is 0 Å². The minimum Gasteiger partial charge on any atom is -0.380 e. The molecule has 4 heteroatoms. The maximum atomic E-state index is 11.7. The maximum Gasteiger partial charge on any atom is 0.264 e. The third-order valence-electron chi connectivity index (χ3n) is 1.81.